The van der Waals surface area contributed by atoms with Crippen LogP contribution in [0.25, 0.3) is 0 Å². The Bertz CT molecular complexity index is 1460. The first-order chi connectivity index (χ1) is 27.5. The Balaban J connectivity index is -0.000000313. The van der Waals surface area contributed by atoms with Crippen LogP contribution in [0.5, 0.6) is 23.0 Å². The highest BCUT2D eigenvalue weighted by molar-refractivity contribution is 5.92. The molecule has 0 amide bonds. The van der Waals surface area contributed by atoms with Crippen LogP contribution in [-0.4, -0.2) is 155 Å². The second-order valence-corrected chi connectivity index (χ2v) is 11.9. The van der Waals surface area contributed by atoms with Crippen LogP contribution in [0.3, 0.4) is 0 Å². The summed E-state index contributed by atoms with van der Waals surface area (Å²) >= 11 is 0. The maximum Gasteiger partial charge on any atom is 0.332 e. The highest BCUT2D eigenvalue weighted by atomic mass is 16.4. The topological polar surface area (TPSA) is 510 Å². The molecule has 2 rings (SSSR count). The van der Waals surface area contributed by atoms with Crippen LogP contribution in [0.15, 0.2) is 36.4 Å². The Morgan fingerprint density at radius 3 is 1.27 bits per heavy atom. The van der Waals surface area contributed by atoms with Crippen molar-refractivity contribution in [2.24, 2.45) is 46.1 Å². The van der Waals surface area contributed by atoms with Gasteiger partial charge in [-0.2, -0.15) is 0 Å². The van der Waals surface area contributed by atoms with Crippen molar-refractivity contribution in [1.29, 1.82) is 0 Å². The number of aliphatic hydroxyl groups excluding tert-OH is 3. The fourth-order valence-corrected chi connectivity index (χ4v) is 3.44. The number of aliphatic carboxylic acids is 5. The summed E-state index contributed by atoms with van der Waals surface area (Å²) in [7, 11) is 0. The van der Waals surface area contributed by atoms with E-state index in [2.05, 4.69) is 0 Å². The first kappa shape index (κ1) is 60.3. The molecule has 0 saturated heterocycles. The van der Waals surface area contributed by atoms with Crippen molar-refractivity contribution in [2.45, 2.75) is 69.2 Å². The number of benzene rings is 2. The zero-order chi connectivity index (χ0) is 46.7. The second kappa shape index (κ2) is 36.9. The van der Waals surface area contributed by atoms with Crippen LogP contribution in [0, 0.1) is 5.92 Å². The Labute approximate surface area is 340 Å². The summed E-state index contributed by atoms with van der Waals surface area (Å²) in [5.41, 5.74) is 37.3. The van der Waals surface area contributed by atoms with Gasteiger partial charge in [0.05, 0.1) is 12.7 Å². The molecule has 24 nitrogen and oxygen atoms in total. The molecule has 0 aliphatic rings. The Kier molecular flexibility index (Phi) is 37.7. The monoisotopic (exact) mass is 853 g/mol. The zero-order valence-corrected chi connectivity index (χ0v) is 32.5. The molecule has 2 aromatic rings. The zero-order valence-electron chi connectivity index (χ0n) is 32.5. The van der Waals surface area contributed by atoms with Gasteiger partial charge >= 0.3 is 29.8 Å². The summed E-state index contributed by atoms with van der Waals surface area (Å²) in [6.07, 6.45) is 1.07. The maximum absolute atomic E-state index is 10.4. The third kappa shape index (κ3) is 34.4. The van der Waals surface area contributed by atoms with Gasteiger partial charge in [0.2, 0.25) is 0 Å². The van der Waals surface area contributed by atoms with Crippen molar-refractivity contribution >= 4 is 29.8 Å². The number of aliphatic hydroxyl groups is 3. The lowest BCUT2D eigenvalue weighted by atomic mass is 10.1. The Morgan fingerprint density at radius 2 is 0.983 bits per heavy atom. The molecule has 59 heavy (non-hydrogen) atoms. The number of carboxylic acids is 5. The van der Waals surface area contributed by atoms with Crippen LogP contribution in [-0.2, 0) is 36.8 Å². The van der Waals surface area contributed by atoms with Gasteiger partial charge in [-0.05, 0) is 100 Å². The molecular formula is C35H63N7O17. The highest BCUT2D eigenvalue weighted by Crippen LogP contribution is 2.25. The number of hydrogen-bond acceptors (Lipinski definition) is 19. The number of rotatable bonds is 19. The predicted octanol–water partition coefficient (Wildman–Crippen LogP) is -3.62. The smallest absolute Gasteiger partial charge is 0.332 e. The lowest BCUT2D eigenvalue weighted by Gasteiger charge is -2.06. The van der Waals surface area contributed by atoms with Crippen LogP contribution in [0.2, 0.25) is 0 Å². The molecule has 0 radical (unpaired) electrons. The molecule has 4 unspecified atom stereocenters. The molecule has 2 aromatic carbocycles. The summed E-state index contributed by atoms with van der Waals surface area (Å²) in [6, 6.07) is 7.09. The molecule has 24 heteroatoms. The molecule has 0 saturated carbocycles. The van der Waals surface area contributed by atoms with Gasteiger partial charge in [0.1, 0.15) is 12.1 Å². The quantitative estimate of drug-likeness (QED) is 0.0368. The van der Waals surface area contributed by atoms with Gasteiger partial charge in [0.15, 0.2) is 35.0 Å². The predicted molar refractivity (Wildman–Crippen MR) is 212 cm³/mol. The van der Waals surface area contributed by atoms with Crippen molar-refractivity contribution < 1.29 is 85.3 Å². The van der Waals surface area contributed by atoms with E-state index in [1.54, 1.807) is 6.07 Å². The molecule has 0 aromatic heterocycles. The fraction of sp³-hybridized carbons (Fsp3) is 0.514. The molecule has 26 N–H and O–H groups in total. The Morgan fingerprint density at radius 1 is 0.525 bits per heavy atom. The second-order valence-electron chi connectivity index (χ2n) is 11.9. The van der Waals surface area contributed by atoms with Crippen molar-refractivity contribution in [1.82, 2.24) is 0 Å². The van der Waals surface area contributed by atoms with Crippen molar-refractivity contribution in [3.63, 3.8) is 0 Å². The van der Waals surface area contributed by atoms with Crippen LogP contribution in [0.1, 0.15) is 43.2 Å². The SMILES string of the molecule is NC(Cc1ccc(O)c(O)c1)C(=O)O.NCC(O)CO.NCCC(C(=O)O)C(=O)O.NCCC(O)C(=O)O.NCCCCC(N)C(=O)O.NCCc1ccc(O)c(O)c1. The Hall–Kier alpha value is -5.41. The normalized spacial score (nSPS) is 11.9. The van der Waals surface area contributed by atoms with Gasteiger partial charge < -0.3 is 101 Å². The lowest BCUT2D eigenvalue weighted by molar-refractivity contribution is -0.155. The van der Waals surface area contributed by atoms with Crippen LogP contribution >= 0.6 is 0 Å². The van der Waals surface area contributed by atoms with E-state index in [4.69, 9.17) is 101 Å². The van der Waals surface area contributed by atoms with E-state index in [9.17, 15) is 24.0 Å². The van der Waals surface area contributed by atoms with Gasteiger partial charge in [0, 0.05) is 6.54 Å². The molecule has 340 valence electrons. The van der Waals surface area contributed by atoms with Gasteiger partial charge in [-0.15, -0.1) is 0 Å². The van der Waals surface area contributed by atoms with Gasteiger partial charge in [-0.25, -0.2) is 4.79 Å². The van der Waals surface area contributed by atoms with Crippen molar-refractivity contribution in [2.75, 3.05) is 39.3 Å². The van der Waals surface area contributed by atoms with E-state index < -0.39 is 60.1 Å². The molecule has 0 heterocycles. The molecular weight excluding hydrogens is 790 g/mol. The van der Waals surface area contributed by atoms with E-state index in [1.165, 1.54) is 30.3 Å². The van der Waals surface area contributed by atoms with Crippen molar-refractivity contribution in [3.05, 3.63) is 47.5 Å². The van der Waals surface area contributed by atoms with E-state index in [0.717, 1.165) is 18.4 Å². The first-order valence-corrected chi connectivity index (χ1v) is 17.6. The summed E-state index contributed by atoms with van der Waals surface area (Å²) in [4.78, 5) is 50.5. The lowest BCUT2D eigenvalue weighted by Crippen LogP contribution is -2.32. The molecule has 0 spiro atoms. The average Bonchev–Trinajstić information content (AvgIpc) is 3.17. The number of aromatic hydroxyl groups is 4. The first-order valence-electron chi connectivity index (χ1n) is 17.6. The van der Waals surface area contributed by atoms with E-state index >= 15 is 0 Å². The maximum atomic E-state index is 10.4. The largest absolute Gasteiger partial charge is 0.504 e. The molecule has 0 aliphatic carbocycles. The van der Waals surface area contributed by atoms with Crippen LogP contribution < -0.4 is 40.1 Å². The minimum Gasteiger partial charge on any atom is -0.504 e. The number of hydrogen-bond donors (Lipinski definition) is 19. The number of phenolic OH excluding ortho intramolecular Hbond substituents is 4. The van der Waals surface area contributed by atoms with E-state index in [-0.39, 0.29) is 68.5 Å². The number of unbranched alkanes of at least 4 members (excludes halogenated alkanes) is 1. The number of carbonyl (C=O) groups is 5. The van der Waals surface area contributed by atoms with Crippen LogP contribution in [0.4, 0.5) is 0 Å². The molecule has 0 fully saturated rings. The van der Waals surface area contributed by atoms with Gasteiger partial charge in [0.25, 0.3) is 0 Å². The molecule has 0 aliphatic heterocycles. The highest BCUT2D eigenvalue weighted by Gasteiger charge is 2.24. The molecule has 4 atom stereocenters. The summed E-state index contributed by atoms with van der Waals surface area (Å²) in [6.45, 7) is 1.32. The summed E-state index contributed by atoms with van der Waals surface area (Å²) in [5, 5.41) is 102. The van der Waals surface area contributed by atoms with Gasteiger partial charge in [-0.3, -0.25) is 19.2 Å². The fourth-order valence-electron chi connectivity index (χ4n) is 3.44. The standard InChI is InChI=1S/C9H11NO4.C8H11NO2.C6H14N2O2.C5H9NO4.C4H9NO3.C3H9NO2/c10-6(9(13)14)3-5-1-2-7(11)8(12)4-5;9-4-3-6-1-2-7(10)8(11)5-6;7-4-2-1-3-5(8)6(9)10;6-2-1-3(4(7)8)5(9)10;5-2-1-3(6)4(7)8;4-1-3(6)2-5/h1-2,4,6,11-12H,3,10H2,(H,13,14);1-2,5,10-11H,3-4,9H2;5H,1-4,7-8H2,(H,9,10);3H,1-2,6H2,(H,7,8)(H,9,10);3,6H,1-2,5H2,(H,7,8);3,5-6H,1-2,4H2. The number of carboxylic acid groups (broad SMARTS) is 5. The number of phenols is 4. The summed E-state index contributed by atoms with van der Waals surface area (Å²) in [5.74, 6) is -7.97. The van der Waals surface area contributed by atoms with E-state index in [1.807, 2.05) is 0 Å². The third-order valence-electron chi connectivity index (χ3n) is 6.83. The van der Waals surface area contributed by atoms with E-state index in [0.29, 0.717) is 31.5 Å². The number of nitrogens with two attached hydrogens (primary N) is 7. The van der Waals surface area contributed by atoms with Gasteiger partial charge in [-0.1, -0.05) is 18.6 Å². The summed E-state index contributed by atoms with van der Waals surface area (Å²) < 4.78 is 0. The molecule has 0 bridgehead atoms. The van der Waals surface area contributed by atoms with Crippen molar-refractivity contribution in [3.8, 4) is 23.0 Å². The third-order valence-corrected chi connectivity index (χ3v) is 6.83. The average molecular weight is 854 g/mol. The minimum absolute atomic E-state index is 0.0231. The minimum atomic E-state index is -1.36.